The lowest BCUT2D eigenvalue weighted by molar-refractivity contribution is 0.0900. The fourth-order valence-corrected chi connectivity index (χ4v) is 3.11. The Kier molecular flexibility index (Phi) is 3.68. The van der Waals surface area contributed by atoms with Gasteiger partial charge in [-0.2, -0.15) is 5.26 Å². The van der Waals surface area contributed by atoms with E-state index in [1.54, 1.807) is 6.07 Å². The molecule has 2 atom stereocenters. The lowest BCUT2D eigenvalue weighted by atomic mass is 9.90. The van der Waals surface area contributed by atoms with Crippen LogP contribution in [0, 0.1) is 17.2 Å². The van der Waals surface area contributed by atoms with Gasteiger partial charge in [-0.05, 0) is 42.5 Å². The summed E-state index contributed by atoms with van der Waals surface area (Å²) in [7, 11) is 0. The Morgan fingerprint density at radius 1 is 1.36 bits per heavy atom. The number of amides is 1. The predicted octanol–water partition coefficient (Wildman–Crippen LogP) is 3.56. The zero-order chi connectivity index (χ0) is 15.7. The highest BCUT2D eigenvalue weighted by atomic mass is 16.4. The molecule has 5 nitrogen and oxygen atoms in total. The highest BCUT2D eigenvalue weighted by Crippen LogP contribution is 2.34. The lowest BCUT2D eigenvalue weighted by Gasteiger charge is -2.37. The molecule has 0 radical (unpaired) electrons. The maximum absolute atomic E-state index is 11.5. The van der Waals surface area contributed by atoms with E-state index >= 15 is 0 Å². The second kappa shape index (κ2) is 5.64. The van der Waals surface area contributed by atoms with E-state index in [-0.39, 0.29) is 6.04 Å². The summed E-state index contributed by atoms with van der Waals surface area (Å²) < 4.78 is 0. The van der Waals surface area contributed by atoms with Gasteiger partial charge in [0.05, 0.1) is 11.6 Å². The number of hydrogen-bond donors (Lipinski definition) is 1. The van der Waals surface area contributed by atoms with Crippen LogP contribution in [0.15, 0.2) is 30.3 Å². The van der Waals surface area contributed by atoms with E-state index in [1.165, 1.54) is 4.90 Å². The highest BCUT2D eigenvalue weighted by Gasteiger charge is 2.30. The van der Waals surface area contributed by atoms with Crippen molar-refractivity contribution in [3.05, 3.63) is 41.6 Å². The van der Waals surface area contributed by atoms with Gasteiger partial charge in [0.1, 0.15) is 11.8 Å². The van der Waals surface area contributed by atoms with E-state index in [2.05, 4.69) is 11.9 Å². The smallest absolute Gasteiger partial charge is 0.407 e. The molecule has 1 saturated heterocycles. The van der Waals surface area contributed by atoms with Gasteiger partial charge in [0.15, 0.2) is 0 Å². The molecule has 1 fully saturated rings. The predicted molar refractivity (Wildman–Crippen MR) is 82.3 cm³/mol. The highest BCUT2D eigenvalue weighted by molar-refractivity contribution is 5.80. The summed E-state index contributed by atoms with van der Waals surface area (Å²) in [5.74, 6) is 0.385. The summed E-state index contributed by atoms with van der Waals surface area (Å²) in [6.45, 7) is 2.64. The first kappa shape index (κ1) is 14.3. The Bertz CT molecular complexity index is 766. The van der Waals surface area contributed by atoms with Crippen molar-refractivity contribution >= 4 is 17.0 Å². The molecular weight excluding hydrogens is 278 g/mol. The number of piperidine rings is 1. The third-order valence-corrected chi connectivity index (χ3v) is 4.28. The van der Waals surface area contributed by atoms with Gasteiger partial charge in [-0.3, -0.25) is 0 Å². The molecule has 0 saturated carbocycles. The molecule has 3 rings (SSSR count). The standard InChI is InChI=1S/C17H17N3O2/c1-11-2-7-16(20(10-11)17(21)22)13-4-3-12-5-6-14(9-18)19-15(12)8-13/h3-6,8,11,16H,2,7,10H2,1H3,(H,21,22)/t11-,16+/m0/s1. The van der Waals surface area contributed by atoms with Gasteiger partial charge in [0, 0.05) is 11.9 Å². The Morgan fingerprint density at radius 3 is 2.86 bits per heavy atom. The van der Waals surface area contributed by atoms with Crippen molar-refractivity contribution in [1.29, 1.82) is 5.26 Å². The molecule has 1 aliphatic heterocycles. The van der Waals surface area contributed by atoms with E-state index < -0.39 is 6.09 Å². The van der Waals surface area contributed by atoms with Crippen molar-refractivity contribution in [1.82, 2.24) is 9.88 Å². The third-order valence-electron chi connectivity index (χ3n) is 4.28. The number of likely N-dealkylation sites (tertiary alicyclic amines) is 1. The number of fused-ring (bicyclic) bond motifs is 1. The van der Waals surface area contributed by atoms with Crippen LogP contribution in [-0.4, -0.2) is 27.6 Å². The molecule has 0 unspecified atom stereocenters. The van der Waals surface area contributed by atoms with Crippen LogP contribution in [0.2, 0.25) is 0 Å². The number of benzene rings is 1. The van der Waals surface area contributed by atoms with Crippen molar-refractivity contribution in [2.45, 2.75) is 25.8 Å². The summed E-state index contributed by atoms with van der Waals surface area (Å²) in [5.41, 5.74) is 2.06. The average Bonchev–Trinajstić information content (AvgIpc) is 2.53. The summed E-state index contributed by atoms with van der Waals surface area (Å²) in [4.78, 5) is 17.3. The van der Waals surface area contributed by atoms with Crippen molar-refractivity contribution < 1.29 is 9.90 Å². The number of carbonyl (C=O) groups is 1. The molecule has 0 spiro atoms. The first-order valence-electron chi connectivity index (χ1n) is 7.39. The molecule has 0 bridgehead atoms. The zero-order valence-electron chi connectivity index (χ0n) is 12.4. The Morgan fingerprint density at radius 2 is 2.14 bits per heavy atom. The number of nitriles is 1. The summed E-state index contributed by atoms with van der Waals surface area (Å²) in [6, 6.07) is 11.3. The van der Waals surface area contributed by atoms with Crippen LogP contribution in [-0.2, 0) is 0 Å². The summed E-state index contributed by atoms with van der Waals surface area (Å²) in [5, 5.41) is 19.4. The monoisotopic (exact) mass is 295 g/mol. The van der Waals surface area contributed by atoms with Crippen LogP contribution in [0.4, 0.5) is 4.79 Å². The Balaban J connectivity index is 2.01. The molecule has 112 valence electrons. The number of pyridine rings is 1. The molecule has 1 aromatic heterocycles. The van der Waals surface area contributed by atoms with Crippen molar-refractivity contribution in [3.8, 4) is 6.07 Å². The van der Waals surface area contributed by atoms with Gasteiger partial charge < -0.3 is 10.0 Å². The van der Waals surface area contributed by atoms with E-state index in [0.717, 1.165) is 29.3 Å². The topological polar surface area (TPSA) is 77.2 Å². The van der Waals surface area contributed by atoms with E-state index in [1.807, 2.05) is 30.3 Å². The SMILES string of the molecule is C[C@H]1CC[C@H](c2ccc3ccc(C#N)nc3c2)N(C(=O)O)C1. The maximum atomic E-state index is 11.5. The van der Waals surface area contributed by atoms with Crippen LogP contribution in [0.3, 0.4) is 0 Å². The number of nitrogens with zero attached hydrogens (tertiary/aromatic N) is 3. The molecule has 0 aliphatic carbocycles. The number of rotatable bonds is 1. The van der Waals surface area contributed by atoms with Crippen LogP contribution >= 0.6 is 0 Å². The summed E-state index contributed by atoms with van der Waals surface area (Å²) in [6.07, 6.45) is 0.949. The normalized spacial score (nSPS) is 21.5. The van der Waals surface area contributed by atoms with E-state index in [0.29, 0.717) is 18.2 Å². The maximum Gasteiger partial charge on any atom is 0.407 e. The van der Waals surface area contributed by atoms with Gasteiger partial charge in [-0.15, -0.1) is 0 Å². The van der Waals surface area contributed by atoms with Crippen molar-refractivity contribution in [3.63, 3.8) is 0 Å². The molecule has 1 aromatic carbocycles. The minimum atomic E-state index is -0.879. The second-order valence-electron chi connectivity index (χ2n) is 5.89. The lowest BCUT2D eigenvalue weighted by Crippen LogP contribution is -2.40. The number of carboxylic acid groups (broad SMARTS) is 1. The fraction of sp³-hybridized carbons (Fsp3) is 0.353. The molecule has 2 heterocycles. The van der Waals surface area contributed by atoms with E-state index in [4.69, 9.17) is 5.26 Å². The zero-order valence-corrected chi connectivity index (χ0v) is 12.4. The van der Waals surface area contributed by atoms with Crippen LogP contribution in [0.1, 0.15) is 37.1 Å². The molecule has 2 aromatic rings. The minimum Gasteiger partial charge on any atom is -0.465 e. The first-order chi connectivity index (χ1) is 10.6. The molecule has 1 amide bonds. The Hall–Kier alpha value is -2.61. The number of hydrogen-bond acceptors (Lipinski definition) is 3. The quantitative estimate of drug-likeness (QED) is 0.872. The number of aromatic nitrogens is 1. The largest absolute Gasteiger partial charge is 0.465 e. The molecule has 22 heavy (non-hydrogen) atoms. The van der Waals surface area contributed by atoms with Crippen molar-refractivity contribution in [2.24, 2.45) is 5.92 Å². The van der Waals surface area contributed by atoms with Crippen LogP contribution in [0.25, 0.3) is 10.9 Å². The van der Waals surface area contributed by atoms with Gasteiger partial charge in [0.25, 0.3) is 0 Å². The third kappa shape index (κ3) is 2.60. The van der Waals surface area contributed by atoms with Crippen molar-refractivity contribution in [2.75, 3.05) is 6.54 Å². The molecule has 5 heteroatoms. The molecular formula is C17H17N3O2. The first-order valence-corrected chi connectivity index (χ1v) is 7.39. The van der Waals surface area contributed by atoms with Gasteiger partial charge in [0.2, 0.25) is 0 Å². The summed E-state index contributed by atoms with van der Waals surface area (Å²) >= 11 is 0. The van der Waals surface area contributed by atoms with Gasteiger partial charge in [-0.1, -0.05) is 19.1 Å². The average molecular weight is 295 g/mol. The molecule has 1 N–H and O–H groups in total. The second-order valence-corrected chi connectivity index (χ2v) is 5.89. The van der Waals surface area contributed by atoms with Crippen LogP contribution < -0.4 is 0 Å². The van der Waals surface area contributed by atoms with Crippen LogP contribution in [0.5, 0.6) is 0 Å². The van der Waals surface area contributed by atoms with Gasteiger partial charge >= 0.3 is 6.09 Å². The van der Waals surface area contributed by atoms with Gasteiger partial charge in [-0.25, -0.2) is 9.78 Å². The molecule has 1 aliphatic rings. The fourth-order valence-electron chi connectivity index (χ4n) is 3.11. The van der Waals surface area contributed by atoms with E-state index in [9.17, 15) is 9.90 Å². The minimum absolute atomic E-state index is 0.134. The Labute approximate surface area is 128 Å².